The van der Waals surface area contributed by atoms with E-state index < -0.39 is 5.82 Å². The van der Waals surface area contributed by atoms with Crippen LogP contribution < -0.4 is 14.8 Å². The molecular weight excluding hydrogens is 409 g/mol. The number of piperidine rings is 1. The van der Waals surface area contributed by atoms with Crippen molar-refractivity contribution < 1.29 is 18.7 Å². The molecule has 4 rings (SSSR count). The number of methoxy groups -OCH3 is 1. The Morgan fingerprint density at radius 2 is 2.00 bits per heavy atom. The van der Waals surface area contributed by atoms with E-state index in [9.17, 15) is 9.18 Å². The molecule has 0 spiro atoms. The lowest BCUT2D eigenvalue weighted by Crippen LogP contribution is -2.46. The van der Waals surface area contributed by atoms with Gasteiger partial charge in [-0.05, 0) is 73.5 Å². The normalized spacial score (nSPS) is 16.4. The molecule has 1 aliphatic rings. The van der Waals surface area contributed by atoms with Crippen molar-refractivity contribution in [3.05, 3.63) is 78.4 Å². The number of aromatic nitrogens is 1. The van der Waals surface area contributed by atoms with Gasteiger partial charge in [-0.1, -0.05) is 12.5 Å². The quantitative estimate of drug-likeness (QED) is 0.565. The van der Waals surface area contributed by atoms with Crippen LogP contribution in [0.3, 0.4) is 0 Å². The zero-order valence-electron chi connectivity index (χ0n) is 18.0. The maximum absolute atomic E-state index is 14.1. The fraction of sp³-hybridized carbons (Fsp3) is 0.280. The predicted octanol–water partition coefficient (Wildman–Crippen LogP) is 5.01. The molecule has 6 nitrogen and oxygen atoms in total. The van der Waals surface area contributed by atoms with E-state index in [2.05, 4.69) is 15.2 Å². The molecule has 3 aromatic rings. The van der Waals surface area contributed by atoms with Crippen LogP contribution in [-0.2, 0) is 11.3 Å². The van der Waals surface area contributed by atoms with Crippen LogP contribution in [0.1, 0.15) is 24.8 Å². The van der Waals surface area contributed by atoms with E-state index in [1.54, 1.807) is 36.7 Å². The number of rotatable bonds is 7. The molecule has 0 bridgehead atoms. The minimum absolute atomic E-state index is 0.0559. The predicted molar refractivity (Wildman–Crippen MR) is 120 cm³/mol. The Labute approximate surface area is 187 Å². The highest BCUT2D eigenvalue weighted by Gasteiger charge is 2.29. The van der Waals surface area contributed by atoms with Crippen molar-refractivity contribution >= 4 is 11.6 Å². The Bertz CT molecular complexity index is 1040. The molecule has 0 saturated carbocycles. The van der Waals surface area contributed by atoms with E-state index in [4.69, 9.17) is 9.47 Å². The van der Waals surface area contributed by atoms with Crippen molar-refractivity contribution in [1.29, 1.82) is 0 Å². The molecule has 0 aliphatic carbocycles. The topological polar surface area (TPSA) is 63.7 Å². The Hall–Kier alpha value is -3.45. The number of carbonyl (C=O) groups is 1. The zero-order chi connectivity index (χ0) is 22.3. The fourth-order valence-corrected chi connectivity index (χ4v) is 3.90. The summed E-state index contributed by atoms with van der Waals surface area (Å²) in [4.78, 5) is 19.2. The average Bonchev–Trinajstić information content (AvgIpc) is 2.81. The van der Waals surface area contributed by atoms with Crippen molar-refractivity contribution in [2.45, 2.75) is 31.8 Å². The molecule has 1 atom stereocenters. The largest absolute Gasteiger partial charge is 0.494 e. The highest BCUT2D eigenvalue weighted by atomic mass is 19.1. The Kier molecular flexibility index (Phi) is 6.97. The molecule has 166 valence electrons. The van der Waals surface area contributed by atoms with Crippen LogP contribution in [0, 0.1) is 5.82 Å². The van der Waals surface area contributed by atoms with Crippen molar-refractivity contribution in [2.24, 2.45) is 0 Å². The first kappa shape index (κ1) is 21.8. The summed E-state index contributed by atoms with van der Waals surface area (Å²) in [7, 11) is 1.45. The number of likely N-dealkylation sites (tertiary alicyclic amines) is 1. The maximum atomic E-state index is 14.1. The number of carbonyl (C=O) groups excluding carboxylic acids is 1. The molecule has 7 heteroatoms. The van der Waals surface area contributed by atoms with Crippen LogP contribution in [-0.4, -0.2) is 35.5 Å². The summed E-state index contributed by atoms with van der Waals surface area (Å²) in [6, 6.07) is 15.6. The first-order valence-corrected chi connectivity index (χ1v) is 10.7. The summed E-state index contributed by atoms with van der Waals surface area (Å²) in [5.74, 6) is 1.09. The number of anilines is 1. The van der Waals surface area contributed by atoms with Crippen LogP contribution in [0.5, 0.6) is 17.2 Å². The first-order valence-electron chi connectivity index (χ1n) is 10.7. The number of ether oxygens (including phenoxy) is 2. The minimum atomic E-state index is -0.392. The number of amides is 1. The second-order valence-electron chi connectivity index (χ2n) is 7.76. The van der Waals surface area contributed by atoms with Gasteiger partial charge in [0.15, 0.2) is 11.6 Å². The molecule has 2 aromatic carbocycles. The minimum Gasteiger partial charge on any atom is -0.494 e. The van der Waals surface area contributed by atoms with Crippen molar-refractivity contribution in [3.63, 3.8) is 0 Å². The van der Waals surface area contributed by atoms with Gasteiger partial charge in [-0.15, -0.1) is 0 Å². The third kappa shape index (κ3) is 5.42. The van der Waals surface area contributed by atoms with Crippen LogP contribution in [0.4, 0.5) is 10.1 Å². The third-order valence-corrected chi connectivity index (χ3v) is 5.51. The smallest absolute Gasteiger partial charge is 0.241 e. The van der Waals surface area contributed by atoms with Gasteiger partial charge >= 0.3 is 0 Å². The molecule has 0 radical (unpaired) electrons. The lowest BCUT2D eigenvalue weighted by molar-refractivity contribution is -0.122. The van der Waals surface area contributed by atoms with Crippen LogP contribution >= 0.6 is 0 Å². The van der Waals surface area contributed by atoms with Crippen LogP contribution in [0.15, 0.2) is 67.0 Å². The molecule has 1 fully saturated rings. The van der Waals surface area contributed by atoms with Crippen molar-refractivity contribution in [2.75, 3.05) is 19.0 Å². The van der Waals surface area contributed by atoms with Crippen LogP contribution in [0.25, 0.3) is 0 Å². The number of pyridine rings is 1. The summed E-state index contributed by atoms with van der Waals surface area (Å²) >= 11 is 0. The summed E-state index contributed by atoms with van der Waals surface area (Å²) in [5.41, 5.74) is 1.52. The van der Waals surface area contributed by atoms with Gasteiger partial charge in [-0.2, -0.15) is 0 Å². The van der Waals surface area contributed by atoms with E-state index >= 15 is 0 Å². The second-order valence-corrected chi connectivity index (χ2v) is 7.76. The number of hydrogen-bond donors (Lipinski definition) is 1. The molecule has 1 amide bonds. The Morgan fingerprint density at radius 1 is 1.16 bits per heavy atom. The highest BCUT2D eigenvalue weighted by molar-refractivity contribution is 5.94. The Balaban J connectivity index is 1.39. The van der Waals surface area contributed by atoms with Gasteiger partial charge < -0.3 is 14.8 Å². The van der Waals surface area contributed by atoms with E-state index in [0.29, 0.717) is 23.7 Å². The third-order valence-electron chi connectivity index (χ3n) is 5.51. The van der Waals surface area contributed by atoms with E-state index in [1.165, 1.54) is 13.2 Å². The molecule has 0 unspecified atom stereocenters. The molecule has 1 aliphatic heterocycles. The number of benzene rings is 2. The average molecular weight is 435 g/mol. The second kappa shape index (κ2) is 10.2. The van der Waals surface area contributed by atoms with Gasteiger partial charge in [0, 0.05) is 18.4 Å². The van der Waals surface area contributed by atoms with Gasteiger partial charge in [-0.3, -0.25) is 14.7 Å². The molecule has 1 N–H and O–H groups in total. The monoisotopic (exact) mass is 435 g/mol. The van der Waals surface area contributed by atoms with Gasteiger partial charge in [0.25, 0.3) is 0 Å². The number of nitrogens with zero attached hydrogens (tertiary/aromatic N) is 2. The van der Waals surface area contributed by atoms with Gasteiger partial charge in [0.2, 0.25) is 5.91 Å². The summed E-state index contributed by atoms with van der Waals surface area (Å²) in [6.07, 6.45) is 6.10. The van der Waals surface area contributed by atoms with Crippen molar-refractivity contribution in [3.8, 4) is 17.2 Å². The number of hydrogen-bond acceptors (Lipinski definition) is 5. The molecule has 2 heterocycles. The lowest BCUT2D eigenvalue weighted by atomic mass is 10.00. The summed E-state index contributed by atoms with van der Waals surface area (Å²) < 4.78 is 24.8. The lowest BCUT2D eigenvalue weighted by Gasteiger charge is -2.34. The molecule has 1 saturated heterocycles. The van der Waals surface area contributed by atoms with E-state index in [0.717, 1.165) is 31.4 Å². The van der Waals surface area contributed by atoms with Gasteiger partial charge in [-0.25, -0.2) is 4.39 Å². The van der Waals surface area contributed by atoms with Crippen molar-refractivity contribution in [1.82, 2.24) is 9.88 Å². The maximum Gasteiger partial charge on any atom is 0.241 e. The summed E-state index contributed by atoms with van der Waals surface area (Å²) in [6.45, 7) is 1.31. The fourth-order valence-electron chi connectivity index (χ4n) is 3.90. The standard InChI is InChI=1S/C25H26FN3O3/c1-31-24-12-7-18(15-22(24)26)17-29-14-3-2-6-23(29)25(30)28-19-8-10-20(11-9-19)32-21-5-4-13-27-16-21/h4-5,7-13,15-16,23H,2-3,6,14,17H2,1H3,(H,28,30)/t23-/m1/s1. The molecule has 1 aromatic heterocycles. The SMILES string of the molecule is COc1ccc(CN2CCCC[C@@H]2C(=O)Nc2ccc(Oc3cccnc3)cc2)cc1F. The number of nitrogens with one attached hydrogen (secondary N) is 1. The van der Waals surface area contributed by atoms with E-state index in [-0.39, 0.29) is 17.7 Å². The van der Waals surface area contributed by atoms with Crippen LogP contribution in [0.2, 0.25) is 0 Å². The van der Waals surface area contributed by atoms with Gasteiger partial charge in [0.05, 0.1) is 19.3 Å². The number of halogens is 1. The summed E-state index contributed by atoms with van der Waals surface area (Å²) in [5, 5.41) is 3.01. The Morgan fingerprint density at radius 3 is 2.72 bits per heavy atom. The van der Waals surface area contributed by atoms with Gasteiger partial charge in [0.1, 0.15) is 11.5 Å². The van der Waals surface area contributed by atoms with E-state index in [1.807, 2.05) is 24.3 Å². The first-order chi connectivity index (χ1) is 15.6. The molecular formula is C25H26FN3O3. The highest BCUT2D eigenvalue weighted by Crippen LogP contribution is 2.25. The zero-order valence-corrected chi connectivity index (χ0v) is 18.0. The molecule has 32 heavy (non-hydrogen) atoms.